The molecule has 0 spiro atoms. The topological polar surface area (TPSA) is 54.0 Å². The number of hydrazine groups is 1. The third-order valence-corrected chi connectivity index (χ3v) is 4.42. The number of nitrogens with zero attached hydrogens (tertiary/aromatic N) is 1. The lowest BCUT2D eigenvalue weighted by Crippen LogP contribution is -2.35. The van der Waals surface area contributed by atoms with Gasteiger partial charge in [0.2, 0.25) is 0 Å². The zero-order valence-electron chi connectivity index (χ0n) is 12.7. The van der Waals surface area contributed by atoms with Gasteiger partial charge in [-0.25, -0.2) is 0 Å². The number of rotatable bonds is 4. The van der Waals surface area contributed by atoms with E-state index in [0.29, 0.717) is 11.3 Å². The molecule has 0 radical (unpaired) electrons. The van der Waals surface area contributed by atoms with E-state index in [1.165, 1.54) is 30.2 Å². The molecule has 4 nitrogen and oxygen atoms in total. The van der Waals surface area contributed by atoms with Gasteiger partial charge in [-0.3, -0.25) is 20.6 Å². The Kier molecular flexibility index (Phi) is 4.76. The maximum absolute atomic E-state index is 12.1. The fraction of sp³-hybridized carbons (Fsp3) is 0.222. The van der Waals surface area contributed by atoms with Crippen LogP contribution in [0.15, 0.2) is 47.7 Å². The molecule has 1 aliphatic rings. The minimum Gasteiger partial charge on any atom is -0.298 e. The Morgan fingerprint density at radius 3 is 2.61 bits per heavy atom. The maximum atomic E-state index is 12.1. The molecule has 0 unspecified atom stereocenters. The van der Waals surface area contributed by atoms with Gasteiger partial charge in [-0.05, 0) is 70.4 Å². The Hall–Kier alpha value is -2.14. The van der Waals surface area contributed by atoms with Crippen LogP contribution < -0.4 is 10.9 Å². The summed E-state index contributed by atoms with van der Waals surface area (Å²) in [6.45, 7) is 4.01. The summed E-state index contributed by atoms with van der Waals surface area (Å²) in [5.41, 5.74) is 10.5. The molecule has 1 aromatic carbocycles. The summed E-state index contributed by atoms with van der Waals surface area (Å²) in [6, 6.07) is 8.09. The molecule has 1 heterocycles. The van der Waals surface area contributed by atoms with Gasteiger partial charge in [0, 0.05) is 16.9 Å². The van der Waals surface area contributed by atoms with Gasteiger partial charge in [0.1, 0.15) is 0 Å². The lowest BCUT2D eigenvalue weighted by atomic mass is 9.90. The van der Waals surface area contributed by atoms with E-state index in [9.17, 15) is 4.79 Å². The Morgan fingerprint density at radius 2 is 1.83 bits per heavy atom. The number of hydrogen-bond acceptors (Lipinski definition) is 3. The molecule has 23 heavy (non-hydrogen) atoms. The van der Waals surface area contributed by atoms with Gasteiger partial charge in [0.15, 0.2) is 0 Å². The molecule has 3 rings (SSSR count). The standard InChI is InChI=1S/C18H18BrN3O/c1-12(14-7-6-13-4-2-3-5-15(13)8-14)21-22-18(23)16-9-17(19)11-20-10-16/h6-11,21H,1-5H2,(H,22,23). The minimum absolute atomic E-state index is 0.252. The Labute approximate surface area is 144 Å². The van der Waals surface area contributed by atoms with Crippen LogP contribution in [0.25, 0.3) is 5.70 Å². The van der Waals surface area contributed by atoms with Crippen molar-refractivity contribution >= 4 is 27.5 Å². The van der Waals surface area contributed by atoms with Crippen molar-refractivity contribution in [3.05, 3.63) is 70.0 Å². The summed E-state index contributed by atoms with van der Waals surface area (Å²) in [5, 5.41) is 0. The molecule has 0 saturated heterocycles. The van der Waals surface area contributed by atoms with Crippen LogP contribution in [0.2, 0.25) is 0 Å². The summed E-state index contributed by atoms with van der Waals surface area (Å²) in [4.78, 5) is 16.1. The minimum atomic E-state index is -0.252. The van der Waals surface area contributed by atoms with Crippen molar-refractivity contribution < 1.29 is 4.79 Å². The van der Waals surface area contributed by atoms with Crippen molar-refractivity contribution in [1.29, 1.82) is 0 Å². The number of aromatic nitrogens is 1. The van der Waals surface area contributed by atoms with Gasteiger partial charge in [0.05, 0.1) is 11.3 Å². The predicted molar refractivity (Wildman–Crippen MR) is 94.7 cm³/mol. The molecule has 1 aromatic heterocycles. The van der Waals surface area contributed by atoms with Crippen LogP contribution in [0.1, 0.15) is 39.9 Å². The number of benzene rings is 1. The quantitative estimate of drug-likeness (QED) is 0.806. The van der Waals surface area contributed by atoms with Crippen LogP contribution in [0.4, 0.5) is 0 Å². The molecule has 0 atom stereocenters. The number of carbonyl (C=O) groups excluding carboxylic acids is 1. The first-order valence-electron chi connectivity index (χ1n) is 7.61. The van der Waals surface area contributed by atoms with Gasteiger partial charge in [0.25, 0.3) is 5.91 Å². The lowest BCUT2D eigenvalue weighted by molar-refractivity contribution is 0.0942. The van der Waals surface area contributed by atoms with E-state index in [0.717, 1.165) is 22.9 Å². The Bertz CT molecular complexity index is 758. The molecule has 2 aromatic rings. The van der Waals surface area contributed by atoms with E-state index in [1.54, 1.807) is 12.3 Å². The lowest BCUT2D eigenvalue weighted by Gasteiger charge is -2.18. The molecule has 0 saturated carbocycles. The largest absolute Gasteiger partial charge is 0.298 e. The summed E-state index contributed by atoms with van der Waals surface area (Å²) in [7, 11) is 0. The van der Waals surface area contributed by atoms with Gasteiger partial charge < -0.3 is 0 Å². The van der Waals surface area contributed by atoms with Crippen molar-refractivity contribution in [2.75, 3.05) is 0 Å². The fourth-order valence-corrected chi connectivity index (χ4v) is 3.10. The molecule has 118 valence electrons. The fourth-order valence-electron chi connectivity index (χ4n) is 2.73. The first kappa shape index (κ1) is 15.7. The third kappa shape index (κ3) is 3.79. The molecule has 0 fully saturated rings. The highest BCUT2D eigenvalue weighted by molar-refractivity contribution is 9.10. The van der Waals surface area contributed by atoms with E-state index in [2.05, 4.69) is 50.5 Å². The molecule has 1 aliphatic carbocycles. The monoisotopic (exact) mass is 371 g/mol. The summed E-state index contributed by atoms with van der Waals surface area (Å²) >= 11 is 3.30. The highest BCUT2D eigenvalue weighted by Crippen LogP contribution is 2.24. The molecular formula is C18H18BrN3O. The number of pyridine rings is 1. The van der Waals surface area contributed by atoms with Gasteiger partial charge in [-0.2, -0.15) is 0 Å². The molecule has 2 N–H and O–H groups in total. The molecule has 0 bridgehead atoms. The maximum Gasteiger partial charge on any atom is 0.271 e. The van der Waals surface area contributed by atoms with Crippen LogP contribution in [0.5, 0.6) is 0 Å². The van der Waals surface area contributed by atoms with Crippen LogP contribution in [-0.2, 0) is 12.8 Å². The van der Waals surface area contributed by atoms with Crippen LogP contribution in [-0.4, -0.2) is 10.9 Å². The van der Waals surface area contributed by atoms with Crippen molar-refractivity contribution in [1.82, 2.24) is 15.8 Å². The van der Waals surface area contributed by atoms with Crippen LogP contribution in [0.3, 0.4) is 0 Å². The van der Waals surface area contributed by atoms with Crippen molar-refractivity contribution in [3.8, 4) is 0 Å². The van der Waals surface area contributed by atoms with Crippen molar-refractivity contribution in [3.63, 3.8) is 0 Å². The van der Waals surface area contributed by atoms with E-state index in [1.807, 2.05) is 6.07 Å². The van der Waals surface area contributed by atoms with Crippen molar-refractivity contribution in [2.45, 2.75) is 25.7 Å². The molecule has 5 heteroatoms. The molecule has 1 amide bonds. The second kappa shape index (κ2) is 6.96. The number of fused-ring (bicyclic) bond motifs is 1. The number of amides is 1. The summed E-state index contributed by atoms with van der Waals surface area (Å²) < 4.78 is 0.763. The first-order chi connectivity index (χ1) is 11.1. The second-order valence-corrected chi connectivity index (χ2v) is 6.56. The Morgan fingerprint density at radius 1 is 1.04 bits per heavy atom. The SMILES string of the molecule is C=C(NNC(=O)c1cncc(Br)c1)c1ccc2c(c1)CCCC2. The first-order valence-corrected chi connectivity index (χ1v) is 8.41. The third-order valence-electron chi connectivity index (χ3n) is 3.99. The van der Waals surface area contributed by atoms with Gasteiger partial charge in [-0.15, -0.1) is 0 Å². The second-order valence-electron chi connectivity index (χ2n) is 5.64. The number of nitrogens with one attached hydrogen (secondary N) is 2. The van der Waals surface area contributed by atoms with E-state index >= 15 is 0 Å². The van der Waals surface area contributed by atoms with Crippen LogP contribution >= 0.6 is 15.9 Å². The Balaban J connectivity index is 1.64. The highest BCUT2D eigenvalue weighted by Gasteiger charge is 2.11. The average molecular weight is 372 g/mol. The highest BCUT2D eigenvalue weighted by atomic mass is 79.9. The van der Waals surface area contributed by atoms with E-state index < -0.39 is 0 Å². The van der Waals surface area contributed by atoms with Gasteiger partial charge in [-0.1, -0.05) is 18.7 Å². The molecule has 0 aliphatic heterocycles. The summed E-state index contributed by atoms with van der Waals surface area (Å²) in [6.07, 6.45) is 7.93. The number of hydrogen-bond donors (Lipinski definition) is 2. The van der Waals surface area contributed by atoms with Crippen LogP contribution in [0, 0.1) is 0 Å². The van der Waals surface area contributed by atoms with Gasteiger partial charge >= 0.3 is 0 Å². The van der Waals surface area contributed by atoms with Crippen molar-refractivity contribution in [2.24, 2.45) is 0 Å². The number of halogens is 1. The average Bonchev–Trinajstić information content (AvgIpc) is 2.59. The number of carbonyl (C=O) groups is 1. The predicted octanol–water partition coefficient (Wildman–Crippen LogP) is 3.63. The molecular weight excluding hydrogens is 354 g/mol. The zero-order valence-corrected chi connectivity index (χ0v) is 14.3. The zero-order chi connectivity index (χ0) is 16.2. The normalized spacial score (nSPS) is 13.1. The smallest absolute Gasteiger partial charge is 0.271 e. The van der Waals surface area contributed by atoms with E-state index in [4.69, 9.17) is 0 Å². The number of aryl methyl sites for hydroxylation is 2. The summed E-state index contributed by atoms with van der Waals surface area (Å²) in [5.74, 6) is -0.252. The van der Waals surface area contributed by atoms with E-state index in [-0.39, 0.29) is 5.91 Å².